The van der Waals surface area contributed by atoms with Gasteiger partial charge < -0.3 is 4.90 Å². The van der Waals surface area contributed by atoms with Crippen LogP contribution in [-0.4, -0.2) is 38.9 Å². The molecule has 2 fully saturated rings. The molecule has 1 atom stereocenters. The van der Waals surface area contributed by atoms with Crippen molar-refractivity contribution in [2.24, 2.45) is 5.92 Å². The van der Waals surface area contributed by atoms with Crippen LogP contribution < -0.4 is 5.56 Å². The number of aromatic nitrogens is 2. The minimum absolute atomic E-state index is 0.0173. The van der Waals surface area contributed by atoms with Crippen molar-refractivity contribution >= 4 is 17.7 Å². The lowest BCUT2D eigenvalue weighted by atomic mass is 10.0. The first-order valence-corrected chi connectivity index (χ1v) is 10.8. The van der Waals surface area contributed by atoms with Crippen LogP contribution in [0.25, 0.3) is 0 Å². The zero-order chi connectivity index (χ0) is 17.2. The van der Waals surface area contributed by atoms with E-state index >= 15 is 0 Å². The highest BCUT2D eigenvalue weighted by molar-refractivity contribution is 7.98. The number of fused-ring (bicyclic) bond motifs is 1. The summed E-state index contributed by atoms with van der Waals surface area (Å²) in [6.07, 6.45) is 8.61. The molecule has 0 N–H and O–H groups in total. The number of carbonyl (C=O) groups excluding carboxylic acids is 1. The van der Waals surface area contributed by atoms with Gasteiger partial charge in [0.15, 0.2) is 0 Å². The molecule has 0 bridgehead atoms. The molecular formula is C19H27N3O2S. The standard InChI is InChI=1S/C19H27N3O2S/c23-18(10-14-4-1-2-5-14)21-8-3-6-16(21)12-22-19(24)11-15-13-25-9-7-17(15)20-22/h11,14,16H,1-10,12-13H2. The fourth-order valence-electron chi connectivity index (χ4n) is 4.52. The van der Waals surface area contributed by atoms with Crippen LogP contribution in [0.2, 0.25) is 0 Å². The summed E-state index contributed by atoms with van der Waals surface area (Å²) >= 11 is 1.86. The summed E-state index contributed by atoms with van der Waals surface area (Å²) in [6, 6.07) is 1.89. The molecule has 1 unspecified atom stereocenters. The molecule has 0 aromatic carbocycles. The van der Waals surface area contributed by atoms with Crippen LogP contribution in [0.15, 0.2) is 10.9 Å². The van der Waals surface area contributed by atoms with Crippen LogP contribution in [0.5, 0.6) is 0 Å². The summed E-state index contributed by atoms with van der Waals surface area (Å²) in [6.45, 7) is 1.39. The normalized spacial score (nSPS) is 23.8. The Balaban J connectivity index is 1.46. The number of hydrogen-bond donors (Lipinski definition) is 0. The van der Waals surface area contributed by atoms with Crippen LogP contribution in [0, 0.1) is 5.92 Å². The van der Waals surface area contributed by atoms with Crippen molar-refractivity contribution in [1.29, 1.82) is 0 Å². The first-order valence-electron chi connectivity index (χ1n) is 9.68. The lowest BCUT2D eigenvalue weighted by molar-refractivity contribution is -0.133. The van der Waals surface area contributed by atoms with Crippen molar-refractivity contribution in [3.63, 3.8) is 0 Å². The highest BCUT2D eigenvalue weighted by Crippen LogP contribution is 2.30. The average Bonchev–Trinajstić information content (AvgIpc) is 3.27. The molecular weight excluding hydrogens is 334 g/mol. The van der Waals surface area contributed by atoms with Gasteiger partial charge in [0.2, 0.25) is 5.91 Å². The second kappa shape index (κ2) is 7.52. The average molecular weight is 362 g/mol. The van der Waals surface area contributed by atoms with E-state index in [1.165, 1.54) is 25.7 Å². The van der Waals surface area contributed by atoms with Gasteiger partial charge in [-0.05, 0) is 42.9 Å². The van der Waals surface area contributed by atoms with E-state index in [2.05, 4.69) is 5.10 Å². The Morgan fingerprint density at radius 1 is 1.24 bits per heavy atom. The van der Waals surface area contributed by atoms with E-state index in [1.807, 2.05) is 16.7 Å². The Morgan fingerprint density at radius 2 is 2.08 bits per heavy atom. The Bertz CT molecular complexity index is 696. The Labute approximate surface area is 153 Å². The van der Waals surface area contributed by atoms with Crippen molar-refractivity contribution in [3.8, 4) is 0 Å². The molecule has 4 rings (SSSR count). The van der Waals surface area contributed by atoms with Crippen LogP contribution in [0.3, 0.4) is 0 Å². The molecule has 0 radical (unpaired) electrons. The summed E-state index contributed by atoms with van der Waals surface area (Å²) in [4.78, 5) is 27.2. The second-order valence-electron chi connectivity index (χ2n) is 7.68. The Kier molecular flexibility index (Phi) is 5.15. The molecule has 3 heterocycles. The maximum absolute atomic E-state index is 12.7. The second-order valence-corrected chi connectivity index (χ2v) is 8.78. The lowest BCUT2D eigenvalue weighted by Gasteiger charge is -2.26. The zero-order valence-electron chi connectivity index (χ0n) is 14.8. The van der Waals surface area contributed by atoms with Gasteiger partial charge in [-0.2, -0.15) is 16.9 Å². The van der Waals surface area contributed by atoms with Gasteiger partial charge in [-0.3, -0.25) is 9.59 Å². The summed E-state index contributed by atoms with van der Waals surface area (Å²) in [5.41, 5.74) is 2.15. The minimum atomic E-state index is -0.0173. The fraction of sp³-hybridized carbons (Fsp3) is 0.737. The van der Waals surface area contributed by atoms with Gasteiger partial charge in [0, 0.05) is 31.2 Å². The van der Waals surface area contributed by atoms with Gasteiger partial charge in [0.25, 0.3) is 5.56 Å². The van der Waals surface area contributed by atoms with Gasteiger partial charge in [-0.25, -0.2) is 4.68 Å². The minimum Gasteiger partial charge on any atom is -0.338 e. The molecule has 25 heavy (non-hydrogen) atoms. The monoisotopic (exact) mass is 361 g/mol. The molecule has 1 saturated carbocycles. The summed E-state index contributed by atoms with van der Waals surface area (Å²) < 4.78 is 1.61. The number of thioether (sulfide) groups is 1. The van der Waals surface area contributed by atoms with E-state index in [0.29, 0.717) is 18.9 Å². The number of amides is 1. The molecule has 136 valence electrons. The predicted molar refractivity (Wildman–Crippen MR) is 99.7 cm³/mol. The summed E-state index contributed by atoms with van der Waals surface area (Å²) in [7, 11) is 0. The smallest absolute Gasteiger partial charge is 0.267 e. The third kappa shape index (κ3) is 3.78. The molecule has 6 heteroatoms. The highest BCUT2D eigenvalue weighted by Gasteiger charge is 2.31. The number of aryl methyl sites for hydroxylation is 1. The fourth-order valence-corrected chi connectivity index (χ4v) is 5.47. The van der Waals surface area contributed by atoms with Gasteiger partial charge >= 0.3 is 0 Å². The third-order valence-corrected chi connectivity index (χ3v) is 6.93. The number of carbonyl (C=O) groups is 1. The third-order valence-electron chi connectivity index (χ3n) is 5.92. The van der Waals surface area contributed by atoms with Gasteiger partial charge in [-0.1, -0.05) is 12.8 Å². The van der Waals surface area contributed by atoms with E-state index in [9.17, 15) is 9.59 Å². The lowest BCUT2D eigenvalue weighted by Crippen LogP contribution is -2.41. The van der Waals surface area contributed by atoms with E-state index in [4.69, 9.17) is 0 Å². The zero-order valence-corrected chi connectivity index (χ0v) is 15.6. The molecule has 1 aromatic rings. The maximum atomic E-state index is 12.7. The number of rotatable bonds is 4. The van der Waals surface area contributed by atoms with E-state index < -0.39 is 0 Å². The Morgan fingerprint density at radius 3 is 2.92 bits per heavy atom. The van der Waals surface area contributed by atoms with E-state index in [1.54, 1.807) is 10.7 Å². The van der Waals surface area contributed by atoms with Crippen LogP contribution in [-0.2, 0) is 23.5 Å². The molecule has 5 nitrogen and oxygen atoms in total. The van der Waals surface area contributed by atoms with Gasteiger partial charge in [0.1, 0.15) is 0 Å². The van der Waals surface area contributed by atoms with Crippen LogP contribution in [0.4, 0.5) is 0 Å². The molecule has 1 amide bonds. The molecule has 2 aliphatic heterocycles. The quantitative estimate of drug-likeness (QED) is 0.827. The predicted octanol–water partition coefficient (Wildman–Crippen LogP) is 2.60. The van der Waals surface area contributed by atoms with E-state index in [0.717, 1.165) is 48.6 Å². The largest absolute Gasteiger partial charge is 0.338 e. The van der Waals surface area contributed by atoms with Crippen molar-refractivity contribution < 1.29 is 4.79 Å². The van der Waals surface area contributed by atoms with E-state index in [-0.39, 0.29) is 17.5 Å². The van der Waals surface area contributed by atoms with Gasteiger partial charge in [0.05, 0.1) is 18.3 Å². The van der Waals surface area contributed by atoms with Crippen molar-refractivity contribution in [1.82, 2.24) is 14.7 Å². The van der Waals surface area contributed by atoms with Gasteiger partial charge in [-0.15, -0.1) is 0 Å². The number of likely N-dealkylation sites (tertiary alicyclic amines) is 1. The topological polar surface area (TPSA) is 55.2 Å². The van der Waals surface area contributed by atoms with Crippen LogP contribution >= 0.6 is 11.8 Å². The number of nitrogens with zero attached hydrogens (tertiary/aromatic N) is 3. The molecule has 1 aliphatic carbocycles. The number of hydrogen-bond acceptors (Lipinski definition) is 4. The van der Waals surface area contributed by atoms with Crippen LogP contribution in [0.1, 0.15) is 56.2 Å². The van der Waals surface area contributed by atoms with Crippen molar-refractivity contribution in [3.05, 3.63) is 27.7 Å². The Hall–Kier alpha value is -1.30. The first-order chi connectivity index (χ1) is 12.2. The highest BCUT2D eigenvalue weighted by atomic mass is 32.2. The summed E-state index contributed by atoms with van der Waals surface area (Å²) in [5.74, 6) is 2.84. The first kappa shape index (κ1) is 17.1. The molecule has 3 aliphatic rings. The molecule has 1 saturated heterocycles. The van der Waals surface area contributed by atoms with Crippen molar-refractivity contribution in [2.45, 2.75) is 69.7 Å². The molecule has 0 spiro atoms. The summed E-state index contributed by atoms with van der Waals surface area (Å²) in [5, 5.41) is 4.63. The molecule has 1 aromatic heterocycles. The SMILES string of the molecule is O=C(CC1CCCC1)N1CCCC1Cn1nc2c(cc1=O)CSCC2. The maximum Gasteiger partial charge on any atom is 0.267 e. The van der Waals surface area contributed by atoms with Crippen molar-refractivity contribution in [2.75, 3.05) is 12.3 Å².